The average molecular weight is 209 g/mol. The lowest BCUT2D eigenvalue weighted by Crippen LogP contribution is -2.38. The molecule has 0 radical (unpaired) electrons. The minimum atomic E-state index is 0.620. The van der Waals surface area contributed by atoms with Gasteiger partial charge in [0.25, 0.3) is 0 Å². The molecule has 4 heteroatoms. The maximum atomic E-state index is 5.02. The fourth-order valence-corrected chi connectivity index (χ4v) is 2.18. The molecular weight excluding hydrogens is 194 g/mol. The molecule has 0 unspecified atom stereocenters. The number of hydrogen-bond donors (Lipinski definition) is 2. The highest BCUT2D eigenvalue weighted by atomic mass is 32.1. The molecule has 2 N–H and O–H groups in total. The standard InChI is InChI=1S/C10H15N3S/c1-2-11-10(14)13-12-9-6-7-4-3-5-8(7)9/h3-4,7-8H,2,5-6H2,1H3,(H2,11,13,14)/b12-9-/t7-,8-/m1/s1. The van der Waals surface area contributed by atoms with Crippen molar-refractivity contribution in [2.45, 2.75) is 19.8 Å². The predicted octanol–water partition coefficient (Wildman–Crippen LogP) is 1.42. The van der Waals surface area contributed by atoms with Crippen molar-refractivity contribution in [3.63, 3.8) is 0 Å². The predicted molar refractivity (Wildman–Crippen MR) is 62.2 cm³/mol. The van der Waals surface area contributed by atoms with Crippen molar-refractivity contribution in [2.24, 2.45) is 16.9 Å². The molecule has 0 aliphatic heterocycles. The van der Waals surface area contributed by atoms with E-state index in [0.717, 1.165) is 25.3 Å². The molecule has 1 saturated carbocycles. The molecule has 76 valence electrons. The molecule has 0 aromatic rings. The van der Waals surface area contributed by atoms with Crippen molar-refractivity contribution in [3.05, 3.63) is 12.2 Å². The molecule has 2 rings (SSSR count). The molecule has 0 aromatic heterocycles. The summed E-state index contributed by atoms with van der Waals surface area (Å²) in [6.45, 7) is 2.85. The Morgan fingerprint density at radius 3 is 3.29 bits per heavy atom. The largest absolute Gasteiger partial charge is 0.362 e. The van der Waals surface area contributed by atoms with Crippen LogP contribution < -0.4 is 10.7 Å². The molecule has 0 amide bonds. The first kappa shape index (κ1) is 9.65. The molecule has 14 heavy (non-hydrogen) atoms. The van der Waals surface area contributed by atoms with Crippen molar-refractivity contribution < 1.29 is 0 Å². The van der Waals surface area contributed by atoms with E-state index in [4.69, 9.17) is 12.2 Å². The van der Waals surface area contributed by atoms with Crippen LogP contribution >= 0.6 is 12.2 Å². The van der Waals surface area contributed by atoms with Crippen molar-refractivity contribution in [3.8, 4) is 0 Å². The van der Waals surface area contributed by atoms with Gasteiger partial charge in [-0.1, -0.05) is 12.2 Å². The summed E-state index contributed by atoms with van der Waals surface area (Å²) in [5.41, 5.74) is 4.14. The molecule has 0 bridgehead atoms. The molecule has 0 spiro atoms. The third-order valence-corrected chi connectivity index (χ3v) is 3.04. The highest BCUT2D eigenvalue weighted by Gasteiger charge is 2.37. The van der Waals surface area contributed by atoms with E-state index in [1.165, 1.54) is 5.71 Å². The van der Waals surface area contributed by atoms with Crippen molar-refractivity contribution in [2.75, 3.05) is 6.54 Å². The van der Waals surface area contributed by atoms with Gasteiger partial charge in [-0.15, -0.1) is 0 Å². The smallest absolute Gasteiger partial charge is 0.186 e. The lowest BCUT2D eigenvalue weighted by molar-refractivity contribution is 0.463. The maximum Gasteiger partial charge on any atom is 0.186 e. The topological polar surface area (TPSA) is 36.4 Å². The molecule has 2 atom stereocenters. The zero-order chi connectivity index (χ0) is 9.97. The fourth-order valence-electron chi connectivity index (χ4n) is 1.99. The van der Waals surface area contributed by atoms with Crippen LogP contribution in [0.3, 0.4) is 0 Å². The summed E-state index contributed by atoms with van der Waals surface area (Å²) in [5, 5.41) is 7.94. The van der Waals surface area contributed by atoms with E-state index >= 15 is 0 Å². The van der Waals surface area contributed by atoms with Gasteiger partial charge >= 0.3 is 0 Å². The molecule has 2 aliphatic carbocycles. The molecule has 0 heterocycles. The van der Waals surface area contributed by atoms with E-state index in [-0.39, 0.29) is 0 Å². The second-order valence-corrected chi connectivity index (χ2v) is 4.12. The number of rotatable bonds is 2. The molecular formula is C10H15N3S. The van der Waals surface area contributed by atoms with Gasteiger partial charge in [-0.25, -0.2) is 0 Å². The minimum absolute atomic E-state index is 0.620. The lowest BCUT2D eigenvalue weighted by Gasteiger charge is -2.31. The van der Waals surface area contributed by atoms with Crippen LogP contribution in [0.25, 0.3) is 0 Å². The SMILES string of the molecule is CCNC(=S)N/N=C1/C[C@H]2C=CC[C@@H]12. The fraction of sp³-hybridized carbons (Fsp3) is 0.600. The average Bonchev–Trinajstić information content (AvgIpc) is 2.48. The van der Waals surface area contributed by atoms with E-state index in [1.54, 1.807) is 0 Å². The van der Waals surface area contributed by atoms with Gasteiger partial charge in [-0.05, 0) is 37.9 Å². The zero-order valence-electron chi connectivity index (χ0n) is 8.29. The van der Waals surface area contributed by atoms with Crippen LogP contribution in [0.4, 0.5) is 0 Å². The van der Waals surface area contributed by atoms with Gasteiger partial charge < -0.3 is 5.32 Å². The van der Waals surface area contributed by atoms with Crippen molar-refractivity contribution in [1.82, 2.24) is 10.7 Å². The first-order chi connectivity index (χ1) is 6.81. The number of nitrogens with zero attached hydrogens (tertiary/aromatic N) is 1. The van der Waals surface area contributed by atoms with Crippen LogP contribution in [-0.2, 0) is 0 Å². The normalized spacial score (nSPS) is 31.1. The van der Waals surface area contributed by atoms with Gasteiger partial charge in [0, 0.05) is 18.2 Å². The van der Waals surface area contributed by atoms with Crippen LogP contribution in [0.1, 0.15) is 19.8 Å². The Morgan fingerprint density at radius 2 is 2.57 bits per heavy atom. The van der Waals surface area contributed by atoms with Gasteiger partial charge in [-0.2, -0.15) is 5.10 Å². The van der Waals surface area contributed by atoms with E-state index in [2.05, 4.69) is 28.0 Å². The van der Waals surface area contributed by atoms with Gasteiger partial charge in [-0.3, -0.25) is 5.43 Å². The van der Waals surface area contributed by atoms with Crippen LogP contribution in [0.2, 0.25) is 0 Å². The lowest BCUT2D eigenvalue weighted by atomic mass is 9.74. The molecule has 0 saturated heterocycles. The Kier molecular flexibility index (Phi) is 2.82. The van der Waals surface area contributed by atoms with Crippen LogP contribution in [0.15, 0.2) is 17.3 Å². The van der Waals surface area contributed by atoms with Crippen LogP contribution in [0, 0.1) is 11.8 Å². The van der Waals surface area contributed by atoms with Crippen LogP contribution in [0.5, 0.6) is 0 Å². The second-order valence-electron chi connectivity index (χ2n) is 3.71. The summed E-state index contributed by atoms with van der Waals surface area (Å²) in [5.74, 6) is 1.41. The molecule has 3 nitrogen and oxygen atoms in total. The third kappa shape index (κ3) is 1.80. The van der Waals surface area contributed by atoms with Gasteiger partial charge in [0.05, 0.1) is 0 Å². The third-order valence-electron chi connectivity index (χ3n) is 2.80. The highest BCUT2D eigenvalue weighted by molar-refractivity contribution is 7.80. The monoisotopic (exact) mass is 209 g/mol. The Labute approximate surface area is 89.6 Å². The molecule has 0 aromatic carbocycles. The van der Waals surface area contributed by atoms with E-state index in [0.29, 0.717) is 11.0 Å². The summed E-state index contributed by atoms with van der Waals surface area (Å²) < 4.78 is 0. The second kappa shape index (κ2) is 4.09. The number of hydrogen-bond acceptors (Lipinski definition) is 2. The van der Waals surface area contributed by atoms with E-state index in [1.807, 2.05) is 6.92 Å². The summed E-state index contributed by atoms with van der Waals surface area (Å²) in [7, 11) is 0. The van der Waals surface area contributed by atoms with Crippen LogP contribution in [-0.4, -0.2) is 17.4 Å². The number of thiocarbonyl (C=S) groups is 1. The molecule has 1 fully saturated rings. The number of nitrogens with one attached hydrogen (secondary N) is 2. The number of hydrazone groups is 1. The Bertz CT molecular complexity index is 296. The summed E-state index contributed by atoms with van der Waals surface area (Å²) >= 11 is 5.02. The zero-order valence-corrected chi connectivity index (χ0v) is 9.10. The summed E-state index contributed by atoms with van der Waals surface area (Å²) in [4.78, 5) is 0. The molecule has 2 aliphatic rings. The highest BCUT2D eigenvalue weighted by Crippen LogP contribution is 2.39. The maximum absolute atomic E-state index is 5.02. The first-order valence-corrected chi connectivity index (χ1v) is 5.49. The summed E-state index contributed by atoms with van der Waals surface area (Å²) in [6, 6.07) is 0. The Hall–Kier alpha value is -0.900. The van der Waals surface area contributed by atoms with Crippen molar-refractivity contribution >= 4 is 23.0 Å². The van der Waals surface area contributed by atoms with Gasteiger partial charge in [0.15, 0.2) is 5.11 Å². The first-order valence-electron chi connectivity index (χ1n) is 5.08. The van der Waals surface area contributed by atoms with Crippen molar-refractivity contribution in [1.29, 1.82) is 0 Å². The van der Waals surface area contributed by atoms with E-state index < -0.39 is 0 Å². The minimum Gasteiger partial charge on any atom is -0.362 e. The Morgan fingerprint density at radius 1 is 1.71 bits per heavy atom. The summed E-state index contributed by atoms with van der Waals surface area (Å²) in [6.07, 6.45) is 6.80. The van der Waals surface area contributed by atoms with Gasteiger partial charge in [0.1, 0.15) is 0 Å². The number of fused-ring (bicyclic) bond motifs is 1. The quantitative estimate of drug-likeness (QED) is 0.410. The van der Waals surface area contributed by atoms with Gasteiger partial charge in [0.2, 0.25) is 0 Å². The van der Waals surface area contributed by atoms with E-state index in [9.17, 15) is 0 Å². The number of allylic oxidation sites excluding steroid dienone is 2. The Balaban J connectivity index is 1.80.